The van der Waals surface area contributed by atoms with E-state index in [1.165, 1.54) is 32.2 Å². The summed E-state index contributed by atoms with van der Waals surface area (Å²) in [5, 5.41) is 0.349. The lowest BCUT2D eigenvalue weighted by molar-refractivity contribution is 0.0951. The van der Waals surface area contributed by atoms with Crippen molar-refractivity contribution in [2.45, 2.75) is 45.4 Å². The number of nitrogen functional groups attached to an aromatic ring is 1. The van der Waals surface area contributed by atoms with Crippen LogP contribution in [0.3, 0.4) is 0 Å². The minimum absolute atomic E-state index is 0. The molecule has 1 fully saturated rings. The number of halogens is 2. The number of benzene rings is 1. The summed E-state index contributed by atoms with van der Waals surface area (Å²) in [5.41, 5.74) is 6.80. The van der Waals surface area contributed by atoms with E-state index in [1.807, 2.05) is 0 Å². The standard InChI is InChI=1S/C20H29ClN2O3.ClH/c1-2-3-8-23-9-6-14(7-10-23)4-5-17(24)15-13-16(21)18(22)20-19(15)25-11-12-26-20;/h13-14H,2-12,22H2,1H3;1H. The number of nitrogens with two attached hydrogens (primary N) is 1. The Balaban J connectivity index is 0.00000261. The Labute approximate surface area is 172 Å². The highest BCUT2D eigenvalue weighted by atomic mass is 35.5. The van der Waals surface area contributed by atoms with E-state index in [0.29, 0.717) is 53.3 Å². The van der Waals surface area contributed by atoms with Gasteiger partial charge in [-0.1, -0.05) is 24.9 Å². The molecule has 0 radical (unpaired) electrons. The van der Waals surface area contributed by atoms with E-state index < -0.39 is 0 Å². The van der Waals surface area contributed by atoms with Crippen LogP contribution in [0, 0.1) is 5.92 Å². The second-order valence-corrected chi connectivity index (χ2v) is 7.68. The Hall–Kier alpha value is -1.17. The number of hydrogen-bond donors (Lipinski definition) is 1. The maximum absolute atomic E-state index is 12.8. The second-order valence-electron chi connectivity index (χ2n) is 7.28. The molecule has 5 nitrogen and oxygen atoms in total. The fraction of sp³-hybridized carbons (Fsp3) is 0.650. The van der Waals surface area contributed by atoms with Crippen molar-refractivity contribution in [3.8, 4) is 11.5 Å². The summed E-state index contributed by atoms with van der Waals surface area (Å²) in [6.07, 6.45) is 6.30. The van der Waals surface area contributed by atoms with Gasteiger partial charge in [0, 0.05) is 6.42 Å². The monoisotopic (exact) mass is 416 g/mol. The van der Waals surface area contributed by atoms with Crippen molar-refractivity contribution < 1.29 is 14.3 Å². The maximum Gasteiger partial charge on any atom is 0.186 e. The number of carbonyl (C=O) groups excluding carboxylic acids is 1. The molecule has 0 aliphatic carbocycles. The van der Waals surface area contributed by atoms with Crippen molar-refractivity contribution in [3.05, 3.63) is 16.7 Å². The first-order chi connectivity index (χ1) is 12.6. The highest BCUT2D eigenvalue weighted by Gasteiger charge is 2.26. The molecule has 1 saturated heterocycles. The summed E-state index contributed by atoms with van der Waals surface area (Å²) in [4.78, 5) is 15.3. The van der Waals surface area contributed by atoms with Gasteiger partial charge in [-0.25, -0.2) is 0 Å². The molecule has 0 saturated carbocycles. The summed E-state index contributed by atoms with van der Waals surface area (Å²) >= 11 is 6.18. The van der Waals surface area contributed by atoms with Crippen molar-refractivity contribution in [3.63, 3.8) is 0 Å². The van der Waals surface area contributed by atoms with Gasteiger partial charge in [0.1, 0.15) is 13.2 Å². The molecule has 2 aliphatic heterocycles. The SMILES string of the molecule is CCCCN1CCC(CCC(=O)c2cc(Cl)c(N)c3c2OCCO3)CC1.Cl. The first-order valence-electron chi connectivity index (χ1n) is 9.73. The van der Waals surface area contributed by atoms with Crippen molar-refractivity contribution >= 4 is 35.5 Å². The van der Waals surface area contributed by atoms with Crippen molar-refractivity contribution in [2.24, 2.45) is 5.92 Å². The Morgan fingerprint density at radius 2 is 1.93 bits per heavy atom. The molecule has 0 amide bonds. The molecule has 0 bridgehead atoms. The zero-order valence-corrected chi connectivity index (χ0v) is 17.5. The van der Waals surface area contributed by atoms with Gasteiger partial charge in [0.15, 0.2) is 17.3 Å². The quantitative estimate of drug-likeness (QED) is 0.519. The molecule has 152 valence electrons. The largest absolute Gasteiger partial charge is 0.485 e. The van der Waals surface area contributed by atoms with Crippen LogP contribution in [-0.4, -0.2) is 43.5 Å². The van der Waals surface area contributed by atoms with Crippen LogP contribution >= 0.6 is 24.0 Å². The first-order valence-corrected chi connectivity index (χ1v) is 10.1. The first kappa shape index (κ1) is 22.1. The van der Waals surface area contributed by atoms with Crippen LogP contribution < -0.4 is 15.2 Å². The predicted molar refractivity (Wildman–Crippen MR) is 112 cm³/mol. The third kappa shape index (κ3) is 5.43. The van der Waals surface area contributed by atoms with Gasteiger partial charge in [0.05, 0.1) is 16.3 Å². The van der Waals surface area contributed by atoms with Gasteiger partial charge in [-0.15, -0.1) is 12.4 Å². The van der Waals surface area contributed by atoms with Crippen LogP contribution in [0.1, 0.15) is 55.8 Å². The van der Waals surface area contributed by atoms with Gasteiger partial charge < -0.3 is 20.1 Å². The lowest BCUT2D eigenvalue weighted by Crippen LogP contribution is -2.34. The van der Waals surface area contributed by atoms with Crippen LogP contribution in [0.25, 0.3) is 0 Å². The van der Waals surface area contributed by atoms with Crippen LogP contribution in [0.15, 0.2) is 6.07 Å². The van der Waals surface area contributed by atoms with Gasteiger partial charge in [0.25, 0.3) is 0 Å². The van der Waals surface area contributed by atoms with Crippen molar-refractivity contribution in [1.82, 2.24) is 4.90 Å². The van der Waals surface area contributed by atoms with Crippen LogP contribution in [0.2, 0.25) is 5.02 Å². The number of carbonyl (C=O) groups is 1. The van der Waals surface area contributed by atoms with E-state index >= 15 is 0 Å². The number of nitrogens with zero attached hydrogens (tertiary/aromatic N) is 1. The molecule has 7 heteroatoms. The fourth-order valence-electron chi connectivity index (χ4n) is 3.75. The average Bonchev–Trinajstić information content (AvgIpc) is 2.68. The Morgan fingerprint density at radius 3 is 2.59 bits per heavy atom. The predicted octanol–water partition coefficient (Wildman–Crippen LogP) is 4.59. The van der Waals surface area contributed by atoms with Crippen LogP contribution in [-0.2, 0) is 0 Å². The molecule has 0 spiro atoms. The van der Waals surface area contributed by atoms with Gasteiger partial charge in [0.2, 0.25) is 0 Å². The zero-order chi connectivity index (χ0) is 18.5. The Morgan fingerprint density at radius 1 is 1.26 bits per heavy atom. The molecular formula is C20H30Cl2N2O3. The zero-order valence-electron chi connectivity index (χ0n) is 16.0. The van der Waals surface area contributed by atoms with Gasteiger partial charge in [-0.3, -0.25) is 4.79 Å². The normalized spacial score (nSPS) is 17.4. The molecule has 2 aliphatic rings. The number of Topliss-reactive ketones (excluding diaryl/α,β-unsaturated/α-hetero) is 1. The maximum atomic E-state index is 12.8. The summed E-state index contributed by atoms with van der Waals surface area (Å²) in [7, 11) is 0. The summed E-state index contributed by atoms with van der Waals surface area (Å²) in [6, 6.07) is 1.63. The Kier molecular flexibility index (Phi) is 8.52. The van der Waals surface area contributed by atoms with E-state index in [9.17, 15) is 4.79 Å². The third-order valence-corrected chi connectivity index (χ3v) is 5.73. The molecule has 0 atom stereocenters. The van der Waals surface area contributed by atoms with E-state index in [2.05, 4.69) is 11.8 Å². The molecule has 2 heterocycles. The number of anilines is 1. The molecule has 27 heavy (non-hydrogen) atoms. The minimum Gasteiger partial charge on any atom is -0.485 e. The average molecular weight is 417 g/mol. The molecule has 2 N–H and O–H groups in total. The second kappa shape index (κ2) is 10.4. The molecule has 0 unspecified atom stereocenters. The molecule has 3 rings (SSSR count). The van der Waals surface area contributed by atoms with E-state index in [1.54, 1.807) is 6.07 Å². The lowest BCUT2D eigenvalue weighted by atomic mass is 9.90. The van der Waals surface area contributed by atoms with E-state index in [0.717, 1.165) is 19.5 Å². The lowest BCUT2D eigenvalue weighted by Gasteiger charge is -2.31. The smallest absolute Gasteiger partial charge is 0.186 e. The number of ketones is 1. The number of ether oxygens (including phenoxy) is 2. The Bertz CT molecular complexity index is 647. The molecule has 1 aromatic rings. The van der Waals surface area contributed by atoms with Crippen LogP contribution in [0.5, 0.6) is 11.5 Å². The fourth-order valence-corrected chi connectivity index (χ4v) is 3.95. The van der Waals surface area contributed by atoms with Crippen molar-refractivity contribution in [1.29, 1.82) is 0 Å². The number of fused-ring (bicyclic) bond motifs is 1. The summed E-state index contributed by atoms with van der Waals surface area (Å²) in [5.74, 6) is 1.55. The van der Waals surface area contributed by atoms with Gasteiger partial charge in [-0.2, -0.15) is 0 Å². The van der Waals surface area contributed by atoms with Gasteiger partial charge >= 0.3 is 0 Å². The number of rotatable bonds is 7. The molecular weight excluding hydrogens is 387 g/mol. The highest BCUT2D eigenvalue weighted by Crippen LogP contribution is 2.43. The number of hydrogen-bond acceptors (Lipinski definition) is 5. The molecule has 0 aromatic heterocycles. The number of piperidine rings is 1. The van der Waals surface area contributed by atoms with E-state index in [-0.39, 0.29) is 18.2 Å². The van der Waals surface area contributed by atoms with E-state index in [4.69, 9.17) is 26.8 Å². The summed E-state index contributed by atoms with van der Waals surface area (Å²) < 4.78 is 11.2. The van der Waals surface area contributed by atoms with Crippen molar-refractivity contribution in [2.75, 3.05) is 38.6 Å². The third-order valence-electron chi connectivity index (χ3n) is 5.42. The van der Waals surface area contributed by atoms with Crippen LogP contribution in [0.4, 0.5) is 5.69 Å². The summed E-state index contributed by atoms with van der Waals surface area (Å²) in [6.45, 7) is 6.58. The van der Waals surface area contributed by atoms with Gasteiger partial charge in [-0.05, 0) is 57.3 Å². The number of likely N-dealkylation sites (tertiary alicyclic amines) is 1. The minimum atomic E-state index is 0. The molecule has 1 aromatic carbocycles. The topological polar surface area (TPSA) is 64.8 Å². The number of unbranched alkanes of at least 4 members (excludes halogenated alkanes) is 1. The highest BCUT2D eigenvalue weighted by molar-refractivity contribution is 6.34.